The van der Waals surface area contributed by atoms with Gasteiger partial charge in [0.15, 0.2) is 0 Å². The van der Waals surface area contributed by atoms with Crippen molar-refractivity contribution in [2.75, 3.05) is 13.2 Å². The Bertz CT molecular complexity index is 375. The van der Waals surface area contributed by atoms with Gasteiger partial charge in [0.25, 0.3) is 0 Å². The van der Waals surface area contributed by atoms with Gasteiger partial charge < -0.3 is 15.2 Å². The van der Waals surface area contributed by atoms with Gasteiger partial charge in [0, 0.05) is 31.1 Å². The summed E-state index contributed by atoms with van der Waals surface area (Å²) in [7, 11) is 0. The third-order valence-electron chi connectivity index (χ3n) is 3.87. The maximum Gasteiger partial charge on any atom is 0.0565 e. The Morgan fingerprint density at radius 3 is 2.70 bits per heavy atom. The summed E-state index contributed by atoms with van der Waals surface area (Å²) in [5, 5.41) is 13.1. The Morgan fingerprint density at radius 1 is 1.35 bits per heavy atom. The van der Waals surface area contributed by atoms with Crippen molar-refractivity contribution in [3.05, 3.63) is 30.1 Å². The van der Waals surface area contributed by atoms with E-state index in [1.807, 2.05) is 18.2 Å². The second-order valence-electron chi connectivity index (χ2n) is 5.91. The lowest BCUT2D eigenvalue weighted by atomic mass is 9.98. The topological polar surface area (TPSA) is 54.4 Å². The summed E-state index contributed by atoms with van der Waals surface area (Å²) in [6.07, 6.45) is 5.36. The molecule has 1 saturated heterocycles. The SMILES string of the molecule is CC1CC(NCC(CO)Cc2ccccn2)CC(C)O1. The number of rotatable bonds is 6. The van der Waals surface area contributed by atoms with Crippen LogP contribution in [0.25, 0.3) is 0 Å². The quantitative estimate of drug-likeness (QED) is 0.833. The average molecular weight is 278 g/mol. The number of pyridine rings is 1. The molecule has 0 saturated carbocycles. The number of nitrogens with zero attached hydrogens (tertiary/aromatic N) is 1. The van der Waals surface area contributed by atoms with Gasteiger partial charge in [-0.1, -0.05) is 6.07 Å². The van der Waals surface area contributed by atoms with Crippen LogP contribution in [0.15, 0.2) is 24.4 Å². The van der Waals surface area contributed by atoms with Crippen LogP contribution >= 0.6 is 0 Å². The summed E-state index contributed by atoms with van der Waals surface area (Å²) in [6, 6.07) is 6.42. The van der Waals surface area contributed by atoms with Crippen molar-refractivity contribution in [1.82, 2.24) is 10.3 Å². The van der Waals surface area contributed by atoms with Crippen LogP contribution in [-0.4, -0.2) is 41.5 Å². The molecular formula is C16H26N2O2. The molecule has 20 heavy (non-hydrogen) atoms. The van der Waals surface area contributed by atoms with E-state index in [-0.39, 0.29) is 12.5 Å². The Hall–Kier alpha value is -0.970. The zero-order chi connectivity index (χ0) is 14.4. The van der Waals surface area contributed by atoms with E-state index in [1.165, 1.54) is 0 Å². The number of aliphatic hydroxyl groups is 1. The second-order valence-corrected chi connectivity index (χ2v) is 5.91. The zero-order valence-corrected chi connectivity index (χ0v) is 12.5. The Kier molecular flexibility index (Phi) is 5.95. The van der Waals surface area contributed by atoms with Crippen molar-refractivity contribution < 1.29 is 9.84 Å². The lowest BCUT2D eigenvalue weighted by Gasteiger charge is -2.33. The lowest BCUT2D eigenvalue weighted by molar-refractivity contribution is -0.0426. The van der Waals surface area contributed by atoms with Crippen LogP contribution in [0.3, 0.4) is 0 Å². The lowest BCUT2D eigenvalue weighted by Crippen LogP contribution is -2.43. The Labute approximate surface area is 121 Å². The van der Waals surface area contributed by atoms with Gasteiger partial charge in [0.05, 0.1) is 12.2 Å². The molecule has 0 spiro atoms. The first-order valence-corrected chi connectivity index (χ1v) is 7.57. The third-order valence-corrected chi connectivity index (χ3v) is 3.87. The zero-order valence-electron chi connectivity index (χ0n) is 12.5. The fourth-order valence-electron chi connectivity index (χ4n) is 2.92. The minimum absolute atomic E-state index is 0.192. The van der Waals surface area contributed by atoms with Crippen molar-refractivity contribution in [3.8, 4) is 0 Å². The highest BCUT2D eigenvalue weighted by Crippen LogP contribution is 2.19. The Morgan fingerprint density at radius 2 is 2.10 bits per heavy atom. The van der Waals surface area contributed by atoms with Gasteiger partial charge in [-0.05, 0) is 51.2 Å². The predicted molar refractivity (Wildman–Crippen MR) is 79.6 cm³/mol. The highest BCUT2D eigenvalue weighted by atomic mass is 16.5. The summed E-state index contributed by atoms with van der Waals surface area (Å²) in [5.41, 5.74) is 1.04. The molecule has 4 nitrogen and oxygen atoms in total. The fourth-order valence-corrected chi connectivity index (χ4v) is 2.92. The molecule has 2 rings (SSSR count). The first kappa shape index (κ1) is 15.4. The van der Waals surface area contributed by atoms with Crippen molar-refractivity contribution in [2.45, 2.75) is 51.4 Å². The number of hydrogen-bond acceptors (Lipinski definition) is 4. The molecule has 0 aliphatic carbocycles. The number of aromatic nitrogens is 1. The number of ether oxygens (including phenoxy) is 1. The molecule has 2 N–H and O–H groups in total. The molecule has 1 aromatic heterocycles. The second kappa shape index (κ2) is 7.72. The van der Waals surface area contributed by atoms with Gasteiger partial charge in [-0.25, -0.2) is 0 Å². The van der Waals surface area contributed by atoms with E-state index in [2.05, 4.69) is 24.1 Å². The van der Waals surface area contributed by atoms with E-state index in [4.69, 9.17) is 4.74 Å². The molecule has 2 heterocycles. The highest BCUT2D eigenvalue weighted by Gasteiger charge is 2.24. The van der Waals surface area contributed by atoms with Gasteiger partial charge in [-0.2, -0.15) is 0 Å². The summed E-state index contributed by atoms with van der Waals surface area (Å²) < 4.78 is 5.75. The molecule has 0 aromatic carbocycles. The van der Waals surface area contributed by atoms with Crippen molar-refractivity contribution in [1.29, 1.82) is 0 Å². The van der Waals surface area contributed by atoms with Crippen molar-refractivity contribution >= 4 is 0 Å². The average Bonchev–Trinajstić information content (AvgIpc) is 2.43. The fraction of sp³-hybridized carbons (Fsp3) is 0.688. The van der Waals surface area contributed by atoms with Gasteiger partial charge in [0.1, 0.15) is 0 Å². The summed E-state index contributed by atoms with van der Waals surface area (Å²) in [5.74, 6) is 0.221. The molecule has 0 amide bonds. The van der Waals surface area contributed by atoms with E-state index < -0.39 is 0 Å². The third kappa shape index (κ3) is 4.85. The van der Waals surface area contributed by atoms with Crippen LogP contribution < -0.4 is 5.32 Å². The van der Waals surface area contributed by atoms with Crippen LogP contribution in [0.4, 0.5) is 0 Å². The summed E-state index contributed by atoms with van der Waals surface area (Å²) >= 11 is 0. The van der Waals surface area contributed by atoms with Gasteiger partial charge in [-0.15, -0.1) is 0 Å². The van der Waals surface area contributed by atoms with Crippen LogP contribution in [0.5, 0.6) is 0 Å². The van der Waals surface area contributed by atoms with E-state index in [1.54, 1.807) is 6.20 Å². The number of hydrogen-bond donors (Lipinski definition) is 2. The van der Waals surface area contributed by atoms with E-state index in [9.17, 15) is 5.11 Å². The van der Waals surface area contributed by atoms with Crippen molar-refractivity contribution in [2.24, 2.45) is 5.92 Å². The smallest absolute Gasteiger partial charge is 0.0565 e. The first-order valence-electron chi connectivity index (χ1n) is 7.57. The summed E-state index contributed by atoms with van der Waals surface area (Å²) in [4.78, 5) is 4.33. The minimum atomic E-state index is 0.192. The molecule has 4 heteroatoms. The monoisotopic (exact) mass is 278 g/mol. The highest BCUT2D eigenvalue weighted by molar-refractivity contribution is 5.04. The first-order chi connectivity index (χ1) is 9.67. The number of nitrogens with one attached hydrogen (secondary N) is 1. The molecule has 3 unspecified atom stereocenters. The van der Waals surface area contributed by atoms with Gasteiger partial charge in [-0.3, -0.25) is 4.98 Å². The molecule has 1 aromatic rings. The van der Waals surface area contributed by atoms with E-state index >= 15 is 0 Å². The normalized spacial score (nSPS) is 28.2. The standard InChI is InChI=1S/C16H26N2O2/c1-12-7-16(8-13(2)20-12)18-10-14(11-19)9-15-5-3-4-6-17-15/h3-6,12-14,16,18-19H,7-11H2,1-2H3. The molecule has 112 valence electrons. The maximum absolute atomic E-state index is 9.53. The molecule has 0 bridgehead atoms. The van der Waals surface area contributed by atoms with Crippen LogP contribution in [-0.2, 0) is 11.2 Å². The molecule has 3 atom stereocenters. The van der Waals surface area contributed by atoms with Gasteiger partial charge >= 0.3 is 0 Å². The molecule has 0 radical (unpaired) electrons. The van der Waals surface area contributed by atoms with Gasteiger partial charge in [0.2, 0.25) is 0 Å². The molecular weight excluding hydrogens is 252 g/mol. The minimum Gasteiger partial charge on any atom is -0.396 e. The van der Waals surface area contributed by atoms with Crippen LogP contribution in [0.2, 0.25) is 0 Å². The summed E-state index contributed by atoms with van der Waals surface area (Å²) in [6.45, 7) is 5.28. The molecule has 1 fully saturated rings. The number of aliphatic hydroxyl groups excluding tert-OH is 1. The largest absolute Gasteiger partial charge is 0.396 e. The predicted octanol–water partition coefficient (Wildman–Crippen LogP) is 1.78. The maximum atomic E-state index is 9.53. The molecule has 1 aliphatic rings. The van der Waals surface area contributed by atoms with Crippen molar-refractivity contribution in [3.63, 3.8) is 0 Å². The van der Waals surface area contributed by atoms with Crippen LogP contribution in [0.1, 0.15) is 32.4 Å². The Balaban J connectivity index is 1.78. The van der Waals surface area contributed by atoms with E-state index in [0.717, 1.165) is 31.5 Å². The molecule has 1 aliphatic heterocycles. The van der Waals surface area contributed by atoms with Crippen LogP contribution in [0, 0.1) is 5.92 Å². The van der Waals surface area contributed by atoms with E-state index in [0.29, 0.717) is 18.2 Å².